The number of rotatable bonds is 4. The summed E-state index contributed by atoms with van der Waals surface area (Å²) in [6, 6.07) is 14.4. The van der Waals surface area contributed by atoms with E-state index in [4.69, 9.17) is 9.47 Å². The summed E-state index contributed by atoms with van der Waals surface area (Å²) in [6.45, 7) is 0. The fraction of sp³-hybridized carbons (Fsp3) is 0. The Hall–Kier alpha value is -2.93. The third kappa shape index (κ3) is 4.27. The number of ether oxygens (including phenoxy) is 2. The van der Waals surface area contributed by atoms with E-state index in [1.165, 1.54) is 24.4 Å². The number of aromatic nitrogens is 1. The number of amides is 1. The van der Waals surface area contributed by atoms with Crippen LogP contribution in [-0.2, 0) is 0 Å². The van der Waals surface area contributed by atoms with Crippen LogP contribution in [0.5, 0.6) is 16.7 Å². The lowest BCUT2D eigenvalue weighted by molar-refractivity contribution is 0.215. The SMILES string of the molecule is O=C(Nc1cnc(Oc2cccc(F)c2)s1)Oc1ccccc1. The largest absolute Gasteiger partial charge is 0.431 e. The molecule has 0 atom stereocenters. The topological polar surface area (TPSA) is 60.5 Å². The van der Waals surface area contributed by atoms with Gasteiger partial charge in [0.2, 0.25) is 0 Å². The molecule has 1 amide bonds. The summed E-state index contributed by atoms with van der Waals surface area (Å²) in [6.07, 6.45) is 0.808. The van der Waals surface area contributed by atoms with Crippen LogP contribution >= 0.6 is 11.3 Å². The molecule has 0 bridgehead atoms. The van der Waals surface area contributed by atoms with E-state index in [0.717, 1.165) is 11.3 Å². The Morgan fingerprint density at radius 3 is 2.65 bits per heavy atom. The van der Waals surface area contributed by atoms with Gasteiger partial charge in [0.25, 0.3) is 5.19 Å². The molecule has 3 aromatic rings. The van der Waals surface area contributed by atoms with Gasteiger partial charge in [-0.1, -0.05) is 35.6 Å². The maximum absolute atomic E-state index is 13.1. The van der Waals surface area contributed by atoms with E-state index in [1.54, 1.807) is 30.3 Å². The summed E-state index contributed by atoms with van der Waals surface area (Å²) >= 11 is 1.10. The Bertz CT molecular complexity index is 808. The van der Waals surface area contributed by atoms with Gasteiger partial charge >= 0.3 is 6.09 Å². The first-order chi connectivity index (χ1) is 11.2. The van der Waals surface area contributed by atoms with Crippen molar-refractivity contribution in [2.75, 3.05) is 5.32 Å². The van der Waals surface area contributed by atoms with Gasteiger partial charge in [-0.15, -0.1) is 0 Å². The second-order valence-corrected chi connectivity index (χ2v) is 5.37. The number of benzene rings is 2. The summed E-state index contributed by atoms with van der Waals surface area (Å²) in [5.74, 6) is 0.368. The number of hydrogen-bond acceptors (Lipinski definition) is 5. The fourth-order valence-corrected chi connectivity index (χ4v) is 2.39. The van der Waals surface area contributed by atoms with E-state index in [9.17, 15) is 9.18 Å². The van der Waals surface area contributed by atoms with Gasteiger partial charge in [-0.2, -0.15) is 0 Å². The van der Waals surface area contributed by atoms with Gasteiger partial charge < -0.3 is 9.47 Å². The van der Waals surface area contributed by atoms with Gasteiger partial charge in [0.05, 0.1) is 6.20 Å². The zero-order valence-corrected chi connectivity index (χ0v) is 12.5. The second-order valence-electron chi connectivity index (χ2n) is 4.38. The molecule has 116 valence electrons. The van der Waals surface area contributed by atoms with Crippen LogP contribution in [0, 0.1) is 5.82 Å². The summed E-state index contributed by atoms with van der Waals surface area (Å²) < 4.78 is 23.6. The molecule has 0 radical (unpaired) electrons. The second kappa shape index (κ2) is 6.89. The van der Waals surface area contributed by atoms with Crippen molar-refractivity contribution in [2.24, 2.45) is 0 Å². The lowest BCUT2D eigenvalue weighted by Crippen LogP contribution is -2.15. The standard InChI is InChI=1S/C16H11FN2O3S/c17-11-5-4-8-13(9-11)22-16-18-10-14(23-16)19-15(20)21-12-6-2-1-3-7-12/h1-10H,(H,19,20). The van der Waals surface area contributed by atoms with Gasteiger partial charge in [-0.3, -0.25) is 5.32 Å². The molecule has 0 fully saturated rings. The average molecular weight is 330 g/mol. The number of anilines is 1. The molecular weight excluding hydrogens is 319 g/mol. The van der Waals surface area contributed by atoms with E-state index >= 15 is 0 Å². The highest BCUT2D eigenvalue weighted by Crippen LogP contribution is 2.30. The number of carbonyl (C=O) groups is 1. The van der Waals surface area contributed by atoms with Crippen LogP contribution in [0.2, 0.25) is 0 Å². The van der Waals surface area contributed by atoms with Crippen LogP contribution in [0.3, 0.4) is 0 Å². The molecule has 2 aromatic carbocycles. The van der Waals surface area contributed by atoms with Gasteiger partial charge in [-0.25, -0.2) is 14.2 Å². The summed E-state index contributed by atoms with van der Waals surface area (Å²) in [4.78, 5) is 15.8. The molecule has 1 heterocycles. The van der Waals surface area contributed by atoms with Crippen LogP contribution in [0.4, 0.5) is 14.2 Å². The quantitative estimate of drug-likeness (QED) is 0.754. The van der Waals surface area contributed by atoms with Crippen molar-refractivity contribution in [3.05, 3.63) is 66.6 Å². The predicted octanol–water partition coefficient (Wildman–Crippen LogP) is 4.69. The zero-order valence-electron chi connectivity index (χ0n) is 11.7. The van der Waals surface area contributed by atoms with Crippen LogP contribution < -0.4 is 14.8 Å². The molecule has 23 heavy (non-hydrogen) atoms. The number of carbonyl (C=O) groups excluding carboxylic acids is 1. The number of nitrogens with zero attached hydrogens (tertiary/aromatic N) is 1. The van der Waals surface area contributed by atoms with Crippen LogP contribution in [0.25, 0.3) is 0 Å². The lowest BCUT2D eigenvalue weighted by Gasteiger charge is -2.03. The molecule has 0 aliphatic rings. The molecule has 5 nitrogen and oxygen atoms in total. The van der Waals surface area contributed by atoms with E-state index < -0.39 is 11.9 Å². The molecule has 7 heteroatoms. The summed E-state index contributed by atoms with van der Waals surface area (Å²) in [5.41, 5.74) is 0. The number of halogens is 1. The molecule has 0 saturated carbocycles. The van der Waals surface area contributed by atoms with Crippen molar-refractivity contribution in [2.45, 2.75) is 0 Å². The molecule has 0 aliphatic carbocycles. The van der Waals surface area contributed by atoms with Crippen LogP contribution in [0.1, 0.15) is 0 Å². The molecule has 0 aliphatic heterocycles. The maximum Gasteiger partial charge on any atom is 0.417 e. The van der Waals surface area contributed by atoms with Gasteiger partial charge in [-0.05, 0) is 24.3 Å². The third-order valence-electron chi connectivity index (χ3n) is 2.66. The van der Waals surface area contributed by atoms with Crippen molar-refractivity contribution in [1.29, 1.82) is 0 Å². The Morgan fingerprint density at radius 1 is 1.09 bits per heavy atom. The molecule has 3 rings (SSSR count). The van der Waals surface area contributed by atoms with Crippen molar-refractivity contribution >= 4 is 22.4 Å². The van der Waals surface area contributed by atoms with Crippen molar-refractivity contribution in [1.82, 2.24) is 4.98 Å². The molecule has 0 unspecified atom stereocenters. The highest BCUT2D eigenvalue weighted by Gasteiger charge is 2.09. The van der Waals surface area contributed by atoms with Crippen LogP contribution in [0.15, 0.2) is 60.8 Å². The highest BCUT2D eigenvalue weighted by atomic mass is 32.1. The predicted molar refractivity (Wildman–Crippen MR) is 84.7 cm³/mol. The third-order valence-corrected chi connectivity index (χ3v) is 3.46. The molecule has 1 aromatic heterocycles. The van der Waals surface area contributed by atoms with Crippen molar-refractivity contribution in [3.63, 3.8) is 0 Å². The van der Waals surface area contributed by atoms with Crippen LogP contribution in [-0.4, -0.2) is 11.1 Å². The van der Waals surface area contributed by atoms with Crippen molar-refractivity contribution < 1.29 is 18.7 Å². The van der Waals surface area contributed by atoms with Crippen molar-refractivity contribution in [3.8, 4) is 16.7 Å². The van der Waals surface area contributed by atoms with Gasteiger partial charge in [0.15, 0.2) is 0 Å². The summed E-state index contributed by atoms with van der Waals surface area (Å²) in [7, 11) is 0. The Labute approximate surface area is 135 Å². The smallest absolute Gasteiger partial charge is 0.417 e. The molecule has 0 saturated heterocycles. The Balaban J connectivity index is 1.60. The Morgan fingerprint density at radius 2 is 1.87 bits per heavy atom. The first-order valence-electron chi connectivity index (χ1n) is 6.62. The van der Waals surface area contributed by atoms with E-state index in [2.05, 4.69) is 10.3 Å². The number of thiazole rings is 1. The normalized spacial score (nSPS) is 10.1. The average Bonchev–Trinajstić information content (AvgIpc) is 2.95. The minimum Gasteiger partial charge on any atom is -0.431 e. The Kier molecular flexibility index (Phi) is 4.49. The number of hydrogen-bond donors (Lipinski definition) is 1. The molecule has 0 spiro atoms. The summed E-state index contributed by atoms with van der Waals surface area (Å²) in [5, 5.41) is 3.29. The van der Waals surface area contributed by atoms with E-state index in [0.29, 0.717) is 16.5 Å². The molecular formula is C16H11FN2O3S. The lowest BCUT2D eigenvalue weighted by atomic mass is 10.3. The minimum absolute atomic E-state index is 0.283. The zero-order chi connectivity index (χ0) is 16.1. The first-order valence-corrected chi connectivity index (χ1v) is 7.44. The molecule has 1 N–H and O–H groups in total. The van der Waals surface area contributed by atoms with Gasteiger partial charge in [0.1, 0.15) is 22.3 Å². The van der Waals surface area contributed by atoms with E-state index in [1.807, 2.05) is 6.07 Å². The minimum atomic E-state index is -0.628. The monoisotopic (exact) mass is 330 g/mol. The fourth-order valence-electron chi connectivity index (χ4n) is 1.72. The maximum atomic E-state index is 13.1. The first kappa shape index (κ1) is 15.0. The number of para-hydroxylation sites is 1. The highest BCUT2D eigenvalue weighted by molar-refractivity contribution is 7.17. The number of nitrogens with one attached hydrogen (secondary N) is 1. The van der Waals surface area contributed by atoms with E-state index in [-0.39, 0.29) is 5.19 Å². The van der Waals surface area contributed by atoms with Gasteiger partial charge in [0, 0.05) is 6.07 Å².